The van der Waals surface area contributed by atoms with Gasteiger partial charge in [0.25, 0.3) is 11.5 Å². The van der Waals surface area contributed by atoms with Gasteiger partial charge in [-0.05, 0) is 37.8 Å². The summed E-state index contributed by atoms with van der Waals surface area (Å²) in [6.45, 7) is 5.52. The number of hydrogen-bond donors (Lipinski definition) is 0. The Morgan fingerprint density at radius 1 is 1.28 bits per heavy atom. The lowest BCUT2D eigenvalue weighted by atomic mass is 10.00. The van der Waals surface area contributed by atoms with Gasteiger partial charge in [0.2, 0.25) is 0 Å². The number of methoxy groups -OCH3 is 1. The third kappa shape index (κ3) is 3.57. The highest BCUT2D eigenvalue weighted by molar-refractivity contribution is 5.94. The molecule has 1 aliphatic rings. The number of carbonyl (C=O) groups is 1. The molecule has 3 rings (SSSR count). The largest absolute Gasteiger partial charge is 0.494 e. The Bertz CT molecular complexity index is 827. The van der Waals surface area contributed by atoms with E-state index in [0.717, 1.165) is 18.4 Å². The van der Waals surface area contributed by atoms with Crippen molar-refractivity contribution in [2.24, 2.45) is 5.92 Å². The zero-order valence-corrected chi connectivity index (χ0v) is 14.9. The maximum atomic E-state index is 12.9. The molecule has 1 atom stereocenters. The first-order chi connectivity index (χ1) is 12.0. The van der Waals surface area contributed by atoms with Gasteiger partial charge in [-0.2, -0.15) is 9.78 Å². The van der Waals surface area contributed by atoms with E-state index in [1.165, 1.54) is 17.9 Å². The van der Waals surface area contributed by atoms with Crippen LogP contribution in [0.5, 0.6) is 5.75 Å². The van der Waals surface area contributed by atoms with Crippen molar-refractivity contribution in [2.45, 2.75) is 26.7 Å². The molecule has 1 aromatic carbocycles. The van der Waals surface area contributed by atoms with Gasteiger partial charge in [-0.15, -0.1) is 0 Å². The van der Waals surface area contributed by atoms with Gasteiger partial charge in [0.1, 0.15) is 0 Å². The van der Waals surface area contributed by atoms with E-state index in [1.54, 1.807) is 4.90 Å². The summed E-state index contributed by atoms with van der Waals surface area (Å²) in [6, 6.07) is 8.76. The van der Waals surface area contributed by atoms with Crippen LogP contribution >= 0.6 is 0 Å². The topological polar surface area (TPSA) is 64.4 Å². The normalized spacial score (nSPS) is 17.4. The van der Waals surface area contributed by atoms with Crippen LogP contribution in [0.4, 0.5) is 0 Å². The summed E-state index contributed by atoms with van der Waals surface area (Å²) in [4.78, 5) is 27.1. The number of piperidine rings is 1. The number of aromatic nitrogens is 2. The molecule has 0 bridgehead atoms. The molecule has 1 unspecified atom stereocenters. The minimum atomic E-state index is -0.329. The van der Waals surface area contributed by atoms with Gasteiger partial charge in [-0.3, -0.25) is 9.59 Å². The molecule has 1 amide bonds. The Kier molecular flexibility index (Phi) is 4.88. The third-order valence-corrected chi connectivity index (χ3v) is 4.54. The quantitative estimate of drug-likeness (QED) is 0.860. The van der Waals surface area contributed by atoms with Crippen molar-refractivity contribution < 1.29 is 9.53 Å². The molecule has 2 aromatic rings. The zero-order valence-electron chi connectivity index (χ0n) is 14.9. The number of amides is 1. The summed E-state index contributed by atoms with van der Waals surface area (Å²) in [7, 11) is 1.45. The van der Waals surface area contributed by atoms with Crippen LogP contribution in [0.2, 0.25) is 0 Å². The standard InChI is InChI=1S/C19H23N3O3/c1-13-6-8-15(9-7-13)22-17(23)11-16(25-3)18(20-22)19(24)21-10-4-5-14(2)12-21/h6-9,11,14H,4-5,10,12H2,1-3H3. The molecule has 0 spiro atoms. The molecular weight excluding hydrogens is 318 g/mol. The summed E-state index contributed by atoms with van der Waals surface area (Å²) >= 11 is 0. The third-order valence-electron chi connectivity index (χ3n) is 4.54. The number of ether oxygens (including phenoxy) is 1. The number of carbonyl (C=O) groups excluding carboxylic acids is 1. The highest BCUT2D eigenvalue weighted by atomic mass is 16.5. The van der Waals surface area contributed by atoms with Crippen LogP contribution in [0, 0.1) is 12.8 Å². The molecule has 1 fully saturated rings. The molecule has 6 nitrogen and oxygen atoms in total. The van der Waals surface area contributed by atoms with Crippen LogP contribution in [0.1, 0.15) is 35.8 Å². The lowest BCUT2D eigenvalue weighted by molar-refractivity contribution is 0.0671. The van der Waals surface area contributed by atoms with Crippen molar-refractivity contribution >= 4 is 5.91 Å². The minimum absolute atomic E-state index is 0.178. The Hall–Kier alpha value is -2.63. The lowest BCUT2D eigenvalue weighted by Gasteiger charge is -2.30. The van der Waals surface area contributed by atoms with Crippen LogP contribution in [0.25, 0.3) is 5.69 Å². The van der Waals surface area contributed by atoms with Gasteiger partial charge in [0.15, 0.2) is 11.4 Å². The highest BCUT2D eigenvalue weighted by Crippen LogP contribution is 2.21. The first-order valence-corrected chi connectivity index (χ1v) is 8.54. The van der Waals surface area contributed by atoms with Crippen LogP contribution in [-0.2, 0) is 0 Å². The van der Waals surface area contributed by atoms with E-state index in [2.05, 4.69) is 12.0 Å². The first kappa shape index (κ1) is 17.2. The predicted molar refractivity (Wildman–Crippen MR) is 95.4 cm³/mol. The summed E-state index contributed by atoms with van der Waals surface area (Å²) in [5.41, 5.74) is 1.56. The summed E-state index contributed by atoms with van der Waals surface area (Å²) in [6.07, 6.45) is 2.10. The fourth-order valence-electron chi connectivity index (χ4n) is 3.14. The van der Waals surface area contributed by atoms with E-state index in [4.69, 9.17) is 4.74 Å². The van der Waals surface area contributed by atoms with Gasteiger partial charge in [-0.25, -0.2) is 0 Å². The van der Waals surface area contributed by atoms with E-state index in [0.29, 0.717) is 24.7 Å². The molecule has 25 heavy (non-hydrogen) atoms. The summed E-state index contributed by atoms with van der Waals surface area (Å²) in [5, 5.41) is 4.33. The van der Waals surface area contributed by atoms with E-state index in [9.17, 15) is 9.59 Å². The van der Waals surface area contributed by atoms with Gasteiger partial charge in [0, 0.05) is 13.1 Å². The molecule has 2 heterocycles. The highest BCUT2D eigenvalue weighted by Gasteiger charge is 2.26. The van der Waals surface area contributed by atoms with Crippen molar-refractivity contribution in [3.05, 3.63) is 51.9 Å². The molecule has 1 aromatic heterocycles. The Balaban J connectivity index is 2.03. The Morgan fingerprint density at radius 3 is 2.64 bits per heavy atom. The molecule has 0 N–H and O–H groups in total. The Labute approximate surface area is 147 Å². The molecular formula is C19H23N3O3. The van der Waals surface area contributed by atoms with E-state index >= 15 is 0 Å². The van der Waals surface area contributed by atoms with Crippen molar-refractivity contribution in [2.75, 3.05) is 20.2 Å². The zero-order chi connectivity index (χ0) is 18.0. The molecule has 1 aliphatic heterocycles. The number of aryl methyl sites for hydroxylation is 1. The number of likely N-dealkylation sites (tertiary alicyclic amines) is 1. The van der Waals surface area contributed by atoms with Crippen molar-refractivity contribution in [3.8, 4) is 11.4 Å². The summed E-state index contributed by atoms with van der Waals surface area (Å²) in [5.74, 6) is 0.493. The van der Waals surface area contributed by atoms with E-state index in [1.807, 2.05) is 31.2 Å². The molecule has 132 valence electrons. The minimum Gasteiger partial charge on any atom is -0.494 e. The van der Waals surface area contributed by atoms with Crippen molar-refractivity contribution in [1.29, 1.82) is 0 Å². The molecule has 1 saturated heterocycles. The molecule has 6 heteroatoms. The summed E-state index contributed by atoms with van der Waals surface area (Å²) < 4.78 is 6.50. The first-order valence-electron chi connectivity index (χ1n) is 8.54. The monoisotopic (exact) mass is 341 g/mol. The Morgan fingerprint density at radius 2 is 2.00 bits per heavy atom. The van der Waals surface area contributed by atoms with Crippen molar-refractivity contribution in [1.82, 2.24) is 14.7 Å². The smallest absolute Gasteiger partial charge is 0.278 e. The lowest BCUT2D eigenvalue weighted by Crippen LogP contribution is -2.40. The van der Waals surface area contributed by atoms with E-state index in [-0.39, 0.29) is 22.9 Å². The van der Waals surface area contributed by atoms with Gasteiger partial charge in [-0.1, -0.05) is 24.6 Å². The second-order valence-electron chi connectivity index (χ2n) is 6.65. The van der Waals surface area contributed by atoms with Gasteiger partial charge >= 0.3 is 0 Å². The van der Waals surface area contributed by atoms with Crippen molar-refractivity contribution in [3.63, 3.8) is 0 Å². The number of hydrogen-bond acceptors (Lipinski definition) is 4. The molecule has 0 saturated carbocycles. The van der Waals surface area contributed by atoms with Crippen LogP contribution < -0.4 is 10.3 Å². The van der Waals surface area contributed by atoms with Crippen LogP contribution in [0.15, 0.2) is 35.1 Å². The van der Waals surface area contributed by atoms with Crippen LogP contribution in [-0.4, -0.2) is 40.8 Å². The number of rotatable bonds is 3. The predicted octanol–water partition coefficient (Wildman–Crippen LogP) is 2.42. The maximum absolute atomic E-state index is 12.9. The fraction of sp³-hybridized carbons (Fsp3) is 0.421. The second-order valence-corrected chi connectivity index (χ2v) is 6.65. The molecule has 0 radical (unpaired) electrons. The molecule has 0 aliphatic carbocycles. The average molecular weight is 341 g/mol. The average Bonchev–Trinajstić information content (AvgIpc) is 2.61. The number of benzene rings is 1. The SMILES string of the molecule is COc1cc(=O)n(-c2ccc(C)cc2)nc1C(=O)N1CCCC(C)C1. The maximum Gasteiger partial charge on any atom is 0.278 e. The van der Waals surface area contributed by atoms with Gasteiger partial charge < -0.3 is 9.64 Å². The van der Waals surface area contributed by atoms with Crippen LogP contribution in [0.3, 0.4) is 0 Å². The second kappa shape index (κ2) is 7.09. The van der Waals surface area contributed by atoms with E-state index < -0.39 is 0 Å². The number of nitrogens with zero attached hydrogens (tertiary/aromatic N) is 3. The van der Waals surface area contributed by atoms with Gasteiger partial charge in [0.05, 0.1) is 18.9 Å². The fourth-order valence-corrected chi connectivity index (χ4v) is 3.14.